The van der Waals surface area contributed by atoms with Crippen LogP contribution < -0.4 is 0 Å². The maximum absolute atomic E-state index is 13.8. The molecule has 1 unspecified atom stereocenters. The topological polar surface area (TPSA) is 127 Å². The Morgan fingerprint density at radius 1 is 1.08 bits per heavy atom. The molecule has 2 N–H and O–H groups in total. The predicted molar refractivity (Wildman–Crippen MR) is 129 cm³/mol. The molecule has 0 aromatic carbocycles. The van der Waals surface area contributed by atoms with Gasteiger partial charge in [0.2, 0.25) is 5.78 Å². The van der Waals surface area contributed by atoms with Crippen LogP contribution in [0.5, 0.6) is 0 Å². The van der Waals surface area contributed by atoms with E-state index in [1.54, 1.807) is 19.9 Å². The van der Waals surface area contributed by atoms with Gasteiger partial charge >= 0.3 is 11.9 Å². The van der Waals surface area contributed by atoms with Crippen molar-refractivity contribution in [2.45, 2.75) is 103 Å². The van der Waals surface area contributed by atoms with Gasteiger partial charge in [0.25, 0.3) is 0 Å². The van der Waals surface area contributed by atoms with Gasteiger partial charge in [-0.1, -0.05) is 40.2 Å². The normalized spacial score (nSPS) is 43.5. The molecule has 0 bridgehead atoms. The summed E-state index contributed by atoms with van der Waals surface area (Å²) in [5, 5.41) is 24.0. The van der Waals surface area contributed by atoms with Crippen molar-refractivity contribution in [2.75, 3.05) is 6.61 Å². The van der Waals surface area contributed by atoms with E-state index < -0.39 is 58.4 Å². The van der Waals surface area contributed by atoms with Gasteiger partial charge in [0.15, 0.2) is 18.0 Å². The van der Waals surface area contributed by atoms with E-state index >= 15 is 0 Å². The lowest BCUT2D eigenvalue weighted by atomic mass is 9.43. The summed E-state index contributed by atoms with van der Waals surface area (Å²) >= 11 is 0. The van der Waals surface area contributed by atoms with Crippen molar-refractivity contribution in [3.63, 3.8) is 0 Å². The van der Waals surface area contributed by atoms with Crippen molar-refractivity contribution in [1.82, 2.24) is 0 Å². The lowest BCUT2D eigenvalue weighted by Crippen LogP contribution is -2.72. The zero-order valence-corrected chi connectivity index (χ0v) is 22.1. The van der Waals surface area contributed by atoms with Crippen LogP contribution in [0.3, 0.4) is 0 Å². The Hall–Kier alpha value is -2.06. The largest absolute Gasteiger partial charge is 0.457 e. The molecular formula is C28H40O8. The number of carbonyl (C=O) groups excluding carboxylic acids is 4. The first-order valence-electron chi connectivity index (χ1n) is 13.4. The van der Waals surface area contributed by atoms with Crippen LogP contribution >= 0.6 is 0 Å². The van der Waals surface area contributed by atoms with E-state index in [0.29, 0.717) is 32.1 Å². The van der Waals surface area contributed by atoms with Crippen molar-refractivity contribution < 1.29 is 38.9 Å². The number of hydrogen-bond acceptors (Lipinski definition) is 8. The molecule has 0 aromatic heterocycles. The zero-order chi connectivity index (χ0) is 26.7. The predicted octanol–water partition coefficient (Wildman–Crippen LogP) is 3.06. The summed E-state index contributed by atoms with van der Waals surface area (Å²) in [6.45, 7) is 8.48. The van der Waals surface area contributed by atoms with Gasteiger partial charge < -0.3 is 19.7 Å². The summed E-state index contributed by atoms with van der Waals surface area (Å²) in [6, 6.07) is 0. The van der Waals surface area contributed by atoms with Crippen molar-refractivity contribution >= 4 is 23.5 Å². The fourth-order valence-electron chi connectivity index (χ4n) is 8.42. The van der Waals surface area contributed by atoms with Crippen molar-refractivity contribution in [3.8, 4) is 0 Å². The maximum Gasteiger partial charge on any atom is 0.306 e. The molecule has 8 heteroatoms. The fourth-order valence-corrected chi connectivity index (χ4v) is 8.42. The minimum Gasteiger partial charge on any atom is -0.457 e. The summed E-state index contributed by atoms with van der Waals surface area (Å²) in [4.78, 5) is 50.5. The number of ether oxygens (including phenoxy) is 2. The summed E-state index contributed by atoms with van der Waals surface area (Å²) in [5.74, 6) is -2.44. The molecule has 4 aliphatic rings. The SMILES string of the molecule is CCC(=O)OCC(=O)C1(OC(=O)CC)[C@@H](C)C[C@H]2[C@@H]3CCC4=CC(=O)CC[C@]4(C)[C@@]3(O)[C@@H](O)C[C@@]21C. The third-order valence-corrected chi connectivity index (χ3v) is 10.3. The molecule has 36 heavy (non-hydrogen) atoms. The quantitative estimate of drug-likeness (QED) is 0.529. The number of aliphatic hydroxyl groups is 2. The Bertz CT molecular complexity index is 1000. The Morgan fingerprint density at radius 2 is 1.75 bits per heavy atom. The van der Waals surface area contributed by atoms with Crippen LogP contribution in [0.1, 0.15) is 86.0 Å². The Labute approximate surface area is 212 Å². The molecule has 0 aromatic rings. The van der Waals surface area contributed by atoms with E-state index in [0.717, 1.165) is 5.57 Å². The molecular weight excluding hydrogens is 464 g/mol. The number of carbonyl (C=O) groups is 4. The van der Waals surface area contributed by atoms with E-state index in [9.17, 15) is 29.4 Å². The molecule has 4 aliphatic carbocycles. The smallest absolute Gasteiger partial charge is 0.306 e. The van der Waals surface area contributed by atoms with Crippen LogP contribution in [0.2, 0.25) is 0 Å². The molecule has 200 valence electrons. The molecule has 0 radical (unpaired) electrons. The van der Waals surface area contributed by atoms with Crippen LogP contribution in [-0.2, 0) is 28.7 Å². The highest BCUT2D eigenvalue weighted by Gasteiger charge is 2.76. The molecule has 0 saturated heterocycles. The standard InChI is InChI=1S/C28H40O8/c1-6-23(32)35-15-22(31)28(36-24(33)7-2)16(3)12-20-19-9-8-17-13-18(29)10-11-25(17,4)27(19,34)21(30)14-26(20,28)5/h13,16,19-21,30,34H,6-12,14-15H2,1-5H3/t16-,19-,20-,21-,25-,26-,27-,28?/m0/s1. The third-order valence-electron chi connectivity index (χ3n) is 10.3. The number of aliphatic hydroxyl groups excluding tert-OH is 1. The van der Waals surface area contributed by atoms with Crippen LogP contribution in [0.15, 0.2) is 11.6 Å². The van der Waals surface area contributed by atoms with Crippen LogP contribution in [0.4, 0.5) is 0 Å². The second-order valence-electron chi connectivity index (χ2n) is 11.8. The van der Waals surface area contributed by atoms with E-state index in [1.165, 1.54) is 0 Å². The third kappa shape index (κ3) is 3.46. The van der Waals surface area contributed by atoms with Gasteiger partial charge in [0.1, 0.15) is 5.60 Å². The van der Waals surface area contributed by atoms with Crippen LogP contribution in [0.25, 0.3) is 0 Å². The minimum atomic E-state index is -1.58. The lowest BCUT2D eigenvalue weighted by molar-refractivity contribution is -0.262. The van der Waals surface area contributed by atoms with Gasteiger partial charge in [-0.15, -0.1) is 0 Å². The van der Waals surface area contributed by atoms with Gasteiger partial charge in [0.05, 0.1) is 6.10 Å². The molecule has 0 spiro atoms. The number of fused-ring (bicyclic) bond motifs is 5. The fraction of sp³-hybridized carbons (Fsp3) is 0.786. The molecule has 8 nitrogen and oxygen atoms in total. The van der Waals surface area contributed by atoms with Gasteiger partial charge in [-0.3, -0.25) is 19.2 Å². The summed E-state index contributed by atoms with van der Waals surface area (Å²) < 4.78 is 11.2. The van der Waals surface area contributed by atoms with E-state index in [-0.39, 0.29) is 36.9 Å². The summed E-state index contributed by atoms with van der Waals surface area (Å²) in [6.07, 6.45) is 3.20. The van der Waals surface area contributed by atoms with Crippen molar-refractivity contribution in [1.29, 1.82) is 0 Å². The Balaban J connectivity index is 1.79. The van der Waals surface area contributed by atoms with Crippen LogP contribution in [0, 0.1) is 28.6 Å². The first-order valence-corrected chi connectivity index (χ1v) is 13.4. The second-order valence-corrected chi connectivity index (χ2v) is 11.8. The van der Waals surface area contributed by atoms with E-state index in [2.05, 4.69) is 0 Å². The highest BCUT2D eigenvalue weighted by Crippen LogP contribution is 2.70. The highest BCUT2D eigenvalue weighted by atomic mass is 16.6. The van der Waals surface area contributed by atoms with E-state index in [4.69, 9.17) is 9.47 Å². The second kappa shape index (κ2) is 9.05. The highest BCUT2D eigenvalue weighted by molar-refractivity contribution is 5.94. The average Bonchev–Trinajstić information content (AvgIpc) is 3.05. The first-order chi connectivity index (χ1) is 16.8. The molecule has 8 atom stereocenters. The Morgan fingerprint density at radius 3 is 2.39 bits per heavy atom. The lowest BCUT2D eigenvalue weighted by Gasteiger charge is -2.65. The number of Topliss-reactive ketones (excluding diaryl/α,β-unsaturated/α-hetero) is 1. The monoisotopic (exact) mass is 504 g/mol. The Kier molecular flexibility index (Phi) is 6.78. The van der Waals surface area contributed by atoms with Gasteiger partial charge in [-0.05, 0) is 50.0 Å². The van der Waals surface area contributed by atoms with Gasteiger partial charge in [-0.2, -0.15) is 0 Å². The van der Waals surface area contributed by atoms with Gasteiger partial charge in [-0.25, -0.2) is 0 Å². The van der Waals surface area contributed by atoms with E-state index in [1.807, 2.05) is 20.8 Å². The summed E-state index contributed by atoms with van der Waals surface area (Å²) in [7, 11) is 0. The molecule has 3 saturated carbocycles. The molecule has 0 heterocycles. The number of ketones is 2. The average molecular weight is 505 g/mol. The molecule has 4 rings (SSSR count). The molecule has 3 fully saturated rings. The van der Waals surface area contributed by atoms with Crippen LogP contribution in [-0.4, -0.2) is 57.6 Å². The maximum atomic E-state index is 13.8. The number of hydrogen-bond donors (Lipinski definition) is 2. The zero-order valence-electron chi connectivity index (χ0n) is 22.1. The van der Waals surface area contributed by atoms with Crippen molar-refractivity contribution in [3.05, 3.63) is 11.6 Å². The number of esters is 2. The van der Waals surface area contributed by atoms with Crippen molar-refractivity contribution in [2.24, 2.45) is 28.6 Å². The minimum absolute atomic E-state index is 0.0480. The number of rotatable bonds is 6. The summed E-state index contributed by atoms with van der Waals surface area (Å²) in [5.41, 5.74) is -3.88. The molecule has 0 amide bonds. The molecule has 0 aliphatic heterocycles. The van der Waals surface area contributed by atoms with Gasteiger partial charge in [0, 0.05) is 36.0 Å². The first kappa shape index (κ1) is 27.0.